The van der Waals surface area contributed by atoms with Gasteiger partial charge in [-0.1, -0.05) is 12.1 Å². The van der Waals surface area contributed by atoms with Gasteiger partial charge in [-0.3, -0.25) is 19.3 Å². The van der Waals surface area contributed by atoms with Crippen LogP contribution in [0.15, 0.2) is 42.5 Å². The van der Waals surface area contributed by atoms with Crippen molar-refractivity contribution in [2.75, 3.05) is 19.0 Å². The number of benzene rings is 2. The van der Waals surface area contributed by atoms with Crippen LogP contribution in [0.2, 0.25) is 0 Å². The Balaban J connectivity index is 1.65. The molecule has 25 heavy (non-hydrogen) atoms. The van der Waals surface area contributed by atoms with Crippen LogP contribution < -0.4 is 10.1 Å². The Hall–Kier alpha value is -3.22. The van der Waals surface area contributed by atoms with Crippen LogP contribution in [-0.4, -0.2) is 36.3 Å². The van der Waals surface area contributed by atoms with Gasteiger partial charge < -0.3 is 10.1 Å². The number of hydrogen-bond donors (Lipinski definition) is 1. The summed E-state index contributed by atoms with van der Waals surface area (Å²) in [5.74, 6) is -1.50. The van der Waals surface area contributed by atoms with Crippen LogP contribution in [0.4, 0.5) is 10.1 Å². The van der Waals surface area contributed by atoms with Crippen molar-refractivity contribution in [3.05, 3.63) is 59.4 Å². The highest BCUT2D eigenvalue weighted by Gasteiger charge is 2.34. The Labute approximate surface area is 143 Å². The molecule has 2 aromatic carbocycles. The number of halogens is 1. The Bertz CT molecular complexity index is 831. The van der Waals surface area contributed by atoms with Gasteiger partial charge >= 0.3 is 0 Å². The molecule has 1 N–H and O–H groups in total. The van der Waals surface area contributed by atoms with Crippen molar-refractivity contribution in [1.29, 1.82) is 0 Å². The van der Waals surface area contributed by atoms with Gasteiger partial charge in [-0.25, -0.2) is 4.39 Å². The Morgan fingerprint density at radius 2 is 1.76 bits per heavy atom. The molecular formula is C18H15FN2O4. The van der Waals surface area contributed by atoms with Crippen molar-refractivity contribution >= 4 is 23.4 Å². The Morgan fingerprint density at radius 1 is 1.12 bits per heavy atom. The van der Waals surface area contributed by atoms with E-state index in [0.717, 1.165) is 11.0 Å². The molecule has 2 aromatic rings. The fourth-order valence-corrected chi connectivity index (χ4v) is 2.65. The highest BCUT2D eigenvalue weighted by molar-refractivity contribution is 6.21. The van der Waals surface area contributed by atoms with Crippen molar-refractivity contribution in [2.45, 2.75) is 6.42 Å². The second kappa shape index (κ2) is 6.72. The van der Waals surface area contributed by atoms with Gasteiger partial charge in [0.15, 0.2) is 0 Å². The SMILES string of the molecule is COc1ccc(F)cc1NC(=O)CCN1C(=O)c2ccccc2C1=O. The molecule has 0 aliphatic carbocycles. The first-order chi connectivity index (χ1) is 12.0. The van der Waals surface area contributed by atoms with E-state index < -0.39 is 23.5 Å². The van der Waals surface area contributed by atoms with Crippen LogP contribution in [-0.2, 0) is 4.79 Å². The van der Waals surface area contributed by atoms with Gasteiger partial charge in [0.1, 0.15) is 11.6 Å². The highest BCUT2D eigenvalue weighted by Crippen LogP contribution is 2.25. The number of nitrogens with one attached hydrogen (secondary N) is 1. The largest absolute Gasteiger partial charge is 0.495 e. The van der Waals surface area contributed by atoms with Crippen molar-refractivity contribution < 1.29 is 23.5 Å². The van der Waals surface area contributed by atoms with Crippen LogP contribution >= 0.6 is 0 Å². The molecule has 0 atom stereocenters. The summed E-state index contributed by atoms with van der Waals surface area (Å²) >= 11 is 0. The number of nitrogens with zero attached hydrogens (tertiary/aromatic N) is 1. The van der Waals surface area contributed by atoms with Gasteiger partial charge in [0.2, 0.25) is 5.91 Å². The molecular weight excluding hydrogens is 327 g/mol. The smallest absolute Gasteiger partial charge is 0.261 e. The average molecular weight is 342 g/mol. The van der Waals surface area contributed by atoms with E-state index >= 15 is 0 Å². The molecule has 0 saturated heterocycles. The van der Waals surface area contributed by atoms with E-state index in [1.54, 1.807) is 24.3 Å². The molecule has 0 fully saturated rings. The third-order valence-corrected chi connectivity index (χ3v) is 3.88. The molecule has 0 spiro atoms. The van der Waals surface area contributed by atoms with Gasteiger partial charge in [-0.05, 0) is 24.3 Å². The minimum atomic E-state index is -0.517. The lowest BCUT2D eigenvalue weighted by atomic mass is 10.1. The molecule has 6 nitrogen and oxygen atoms in total. The molecule has 1 aliphatic heterocycles. The van der Waals surface area contributed by atoms with Gasteiger partial charge in [0.05, 0.1) is 23.9 Å². The number of amides is 3. The third kappa shape index (κ3) is 3.21. The number of imide groups is 1. The first-order valence-electron chi connectivity index (χ1n) is 7.60. The number of hydrogen-bond acceptors (Lipinski definition) is 4. The first-order valence-corrected chi connectivity index (χ1v) is 7.60. The van der Waals surface area contributed by atoms with E-state index in [2.05, 4.69) is 5.32 Å². The maximum absolute atomic E-state index is 13.3. The van der Waals surface area contributed by atoms with Crippen LogP contribution in [0.25, 0.3) is 0 Å². The summed E-state index contributed by atoms with van der Waals surface area (Å²) in [6.45, 7) is -0.0597. The lowest BCUT2D eigenvalue weighted by Gasteiger charge is -2.14. The zero-order chi connectivity index (χ0) is 18.0. The van der Waals surface area contributed by atoms with E-state index in [9.17, 15) is 18.8 Å². The number of carbonyl (C=O) groups is 3. The van der Waals surface area contributed by atoms with Crippen molar-refractivity contribution in [3.8, 4) is 5.75 Å². The number of rotatable bonds is 5. The molecule has 0 aromatic heterocycles. The summed E-state index contributed by atoms with van der Waals surface area (Å²) < 4.78 is 18.4. The molecule has 0 bridgehead atoms. The maximum atomic E-state index is 13.3. The summed E-state index contributed by atoms with van der Waals surface area (Å²) in [7, 11) is 1.40. The number of methoxy groups -OCH3 is 1. The summed E-state index contributed by atoms with van der Waals surface area (Å²) in [6, 6.07) is 10.3. The fraction of sp³-hybridized carbons (Fsp3) is 0.167. The van der Waals surface area contributed by atoms with Crippen molar-refractivity contribution in [3.63, 3.8) is 0 Å². The molecule has 1 heterocycles. The van der Waals surface area contributed by atoms with E-state index in [-0.39, 0.29) is 18.7 Å². The average Bonchev–Trinajstić information content (AvgIpc) is 2.85. The number of anilines is 1. The molecule has 1 aliphatic rings. The quantitative estimate of drug-likeness (QED) is 0.847. The predicted octanol–water partition coefficient (Wildman–Crippen LogP) is 2.46. The zero-order valence-corrected chi connectivity index (χ0v) is 13.4. The second-order valence-electron chi connectivity index (χ2n) is 5.45. The standard InChI is InChI=1S/C18H15FN2O4/c1-25-15-7-6-11(19)10-14(15)20-16(22)8-9-21-17(23)12-4-2-3-5-13(12)18(21)24/h2-7,10H,8-9H2,1H3,(H,20,22). The van der Waals surface area contributed by atoms with E-state index in [0.29, 0.717) is 16.9 Å². The van der Waals surface area contributed by atoms with Gasteiger partial charge in [-0.2, -0.15) is 0 Å². The Kier molecular flexibility index (Phi) is 4.47. The van der Waals surface area contributed by atoms with Gasteiger partial charge in [0.25, 0.3) is 11.8 Å². The van der Waals surface area contributed by atoms with E-state index in [1.807, 2.05) is 0 Å². The van der Waals surface area contributed by atoms with E-state index in [1.165, 1.54) is 19.2 Å². The molecule has 0 radical (unpaired) electrons. The summed E-state index contributed by atoms with van der Waals surface area (Å²) in [4.78, 5) is 37.6. The van der Waals surface area contributed by atoms with Crippen LogP contribution in [0.1, 0.15) is 27.1 Å². The van der Waals surface area contributed by atoms with Gasteiger partial charge in [-0.15, -0.1) is 0 Å². The molecule has 7 heteroatoms. The zero-order valence-electron chi connectivity index (χ0n) is 13.4. The molecule has 3 amide bonds. The molecule has 3 rings (SSSR count). The summed E-state index contributed by atoms with van der Waals surface area (Å²) in [6.07, 6.45) is -0.106. The fourth-order valence-electron chi connectivity index (χ4n) is 2.65. The third-order valence-electron chi connectivity index (χ3n) is 3.88. The number of ether oxygens (including phenoxy) is 1. The lowest BCUT2D eigenvalue weighted by molar-refractivity contribution is -0.116. The number of carbonyl (C=O) groups excluding carboxylic acids is 3. The predicted molar refractivity (Wildman–Crippen MR) is 88.0 cm³/mol. The summed E-state index contributed by atoms with van der Waals surface area (Å²) in [5.41, 5.74) is 0.856. The maximum Gasteiger partial charge on any atom is 0.261 e. The first kappa shape index (κ1) is 16.6. The lowest BCUT2D eigenvalue weighted by Crippen LogP contribution is -2.32. The molecule has 0 saturated carbocycles. The van der Waals surface area contributed by atoms with Crippen LogP contribution in [0.3, 0.4) is 0 Å². The molecule has 128 valence electrons. The molecule has 0 unspecified atom stereocenters. The minimum absolute atomic E-state index is 0.0597. The monoisotopic (exact) mass is 342 g/mol. The van der Waals surface area contributed by atoms with Gasteiger partial charge in [0, 0.05) is 19.0 Å². The van der Waals surface area contributed by atoms with Crippen molar-refractivity contribution in [2.24, 2.45) is 0 Å². The highest BCUT2D eigenvalue weighted by atomic mass is 19.1. The summed E-state index contributed by atoms with van der Waals surface area (Å²) in [5, 5.41) is 2.52. The number of fused-ring (bicyclic) bond motifs is 1. The normalized spacial score (nSPS) is 13.0. The van der Waals surface area contributed by atoms with Crippen molar-refractivity contribution in [1.82, 2.24) is 4.90 Å². The minimum Gasteiger partial charge on any atom is -0.495 e. The van der Waals surface area contributed by atoms with Crippen LogP contribution in [0, 0.1) is 5.82 Å². The topological polar surface area (TPSA) is 75.7 Å². The van der Waals surface area contributed by atoms with Crippen LogP contribution in [0.5, 0.6) is 5.75 Å². The Morgan fingerprint density at radius 3 is 2.36 bits per heavy atom. The van der Waals surface area contributed by atoms with E-state index in [4.69, 9.17) is 4.74 Å². The second-order valence-corrected chi connectivity index (χ2v) is 5.45.